The number of anilines is 1. The molecule has 1 amide bonds. The molecule has 0 unspecified atom stereocenters. The van der Waals surface area contributed by atoms with Gasteiger partial charge in [0, 0.05) is 11.3 Å². The number of hydrogen-bond donors (Lipinski definition) is 2. The van der Waals surface area contributed by atoms with Gasteiger partial charge in [0.25, 0.3) is 5.91 Å². The van der Waals surface area contributed by atoms with Crippen molar-refractivity contribution < 1.29 is 17.9 Å². The predicted molar refractivity (Wildman–Crippen MR) is 104 cm³/mol. The average Bonchev–Trinajstić information content (AvgIpc) is 2.63. The van der Waals surface area contributed by atoms with Crippen LogP contribution in [-0.2, 0) is 10.0 Å². The number of sulfonamides is 1. The van der Waals surface area contributed by atoms with Crippen molar-refractivity contribution in [3.63, 3.8) is 0 Å². The van der Waals surface area contributed by atoms with Crippen molar-refractivity contribution in [2.24, 2.45) is 5.14 Å². The molecule has 3 aromatic rings. The summed E-state index contributed by atoms with van der Waals surface area (Å²) in [7, 11) is -4.03. The Balaban J connectivity index is 1.73. The summed E-state index contributed by atoms with van der Waals surface area (Å²) in [6.45, 7) is 0. The SMILES string of the molecule is NS(=O)(=O)c1cc(C(=O)Nc2ccc(Oc3ccccc3)cc2)ccc1Cl. The molecule has 0 spiro atoms. The first-order chi connectivity index (χ1) is 12.8. The van der Waals surface area contributed by atoms with E-state index in [2.05, 4.69) is 5.32 Å². The Bertz CT molecular complexity index is 1070. The second-order valence-electron chi connectivity index (χ2n) is 5.58. The number of nitrogens with two attached hydrogens (primary N) is 1. The van der Waals surface area contributed by atoms with Gasteiger partial charge in [-0.15, -0.1) is 0 Å². The van der Waals surface area contributed by atoms with Gasteiger partial charge in [-0.2, -0.15) is 0 Å². The first kappa shape index (κ1) is 18.9. The number of primary sulfonamides is 1. The van der Waals surface area contributed by atoms with Gasteiger partial charge in [0.05, 0.1) is 5.02 Å². The summed E-state index contributed by atoms with van der Waals surface area (Å²) in [4.78, 5) is 12.1. The third-order valence-electron chi connectivity index (χ3n) is 3.59. The van der Waals surface area contributed by atoms with Gasteiger partial charge in [0.1, 0.15) is 16.4 Å². The molecule has 0 bridgehead atoms. The maximum absolute atomic E-state index is 12.4. The van der Waals surface area contributed by atoms with E-state index < -0.39 is 15.9 Å². The number of hydrogen-bond acceptors (Lipinski definition) is 4. The molecule has 3 aromatic carbocycles. The van der Waals surface area contributed by atoms with E-state index in [-0.39, 0.29) is 15.5 Å². The number of halogens is 1. The molecular weight excluding hydrogens is 388 g/mol. The molecule has 6 nitrogen and oxygen atoms in total. The molecule has 0 atom stereocenters. The van der Waals surface area contributed by atoms with Crippen LogP contribution in [-0.4, -0.2) is 14.3 Å². The Morgan fingerprint density at radius 1 is 0.926 bits per heavy atom. The zero-order valence-electron chi connectivity index (χ0n) is 13.9. The van der Waals surface area contributed by atoms with Crippen LogP contribution in [0.4, 0.5) is 5.69 Å². The van der Waals surface area contributed by atoms with Gasteiger partial charge in [-0.25, -0.2) is 13.6 Å². The highest BCUT2D eigenvalue weighted by Gasteiger charge is 2.16. The normalized spacial score (nSPS) is 11.0. The van der Waals surface area contributed by atoms with Crippen molar-refractivity contribution in [2.45, 2.75) is 4.90 Å². The van der Waals surface area contributed by atoms with Gasteiger partial charge in [0.2, 0.25) is 10.0 Å². The Hall–Kier alpha value is -2.87. The van der Waals surface area contributed by atoms with Crippen molar-refractivity contribution in [2.75, 3.05) is 5.32 Å². The Morgan fingerprint density at radius 3 is 2.19 bits per heavy atom. The van der Waals surface area contributed by atoms with Gasteiger partial charge >= 0.3 is 0 Å². The lowest BCUT2D eigenvalue weighted by molar-refractivity contribution is 0.102. The van der Waals surface area contributed by atoms with Crippen molar-refractivity contribution in [3.8, 4) is 11.5 Å². The fourth-order valence-corrected chi connectivity index (χ4v) is 3.37. The Labute approximate surface area is 161 Å². The highest BCUT2D eigenvalue weighted by Crippen LogP contribution is 2.24. The number of carbonyl (C=O) groups is 1. The number of ether oxygens (including phenoxy) is 1. The quantitative estimate of drug-likeness (QED) is 0.673. The Morgan fingerprint density at radius 2 is 1.56 bits per heavy atom. The molecule has 0 aliphatic heterocycles. The molecule has 0 aromatic heterocycles. The van der Waals surface area contributed by atoms with Crippen molar-refractivity contribution >= 4 is 33.2 Å². The van der Waals surface area contributed by atoms with E-state index in [0.717, 1.165) is 6.07 Å². The molecule has 0 aliphatic carbocycles. The van der Waals surface area contributed by atoms with Gasteiger partial charge in [-0.3, -0.25) is 4.79 Å². The number of rotatable bonds is 5. The van der Waals surface area contributed by atoms with E-state index >= 15 is 0 Å². The van der Waals surface area contributed by atoms with Gasteiger partial charge in [0.15, 0.2) is 0 Å². The van der Waals surface area contributed by atoms with Gasteiger partial charge in [-0.1, -0.05) is 29.8 Å². The maximum Gasteiger partial charge on any atom is 0.255 e. The van der Waals surface area contributed by atoms with E-state index in [1.54, 1.807) is 24.3 Å². The Kier molecular flexibility index (Phi) is 5.46. The highest BCUT2D eigenvalue weighted by molar-refractivity contribution is 7.89. The molecule has 0 aliphatic rings. The number of carbonyl (C=O) groups excluding carboxylic acids is 1. The van der Waals surface area contributed by atoms with Crippen LogP contribution in [0.2, 0.25) is 5.02 Å². The second-order valence-corrected chi connectivity index (χ2v) is 7.52. The third-order valence-corrected chi connectivity index (χ3v) is 4.98. The highest BCUT2D eigenvalue weighted by atomic mass is 35.5. The maximum atomic E-state index is 12.4. The average molecular weight is 403 g/mol. The number of nitrogens with one attached hydrogen (secondary N) is 1. The van der Waals surface area contributed by atoms with Gasteiger partial charge < -0.3 is 10.1 Å². The third kappa shape index (κ3) is 4.85. The smallest absolute Gasteiger partial charge is 0.255 e. The van der Waals surface area contributed by atoms with E-state index in [4.69, 9.17) is 21.5 Å². The molecule has 3 N–H and O–H groups in total. The predicted octanol–water partition coefficient (Wildman–Crippen LogP) is 4.03. The fourth-order valence-electron chi connectivity index (χ4n) is 2.30. The zero-order valence-corrected chi connectivity index (χ0v) is 15.5. The lowest BCUT2D eigenvalue weighted by atomic mass is 10.2. The van der Waals surface area contributed by atoms with Crippen molar-refractivity contribution in [1.82, 2.24) is 0 Å². The van der Waals surface area contributed by atoms with Crippen LogP contribution >= 0.6 is 11.6 Å². The van der Waals surface area contributed by atoms with Crippen molar-refractivity contribution in [3.05, 3.63) is 83.4 Å². The second kappa shape index (κ2) is 7.79. The zero-order chi connectivity index (χ0) is 19.4. The minimum atomic E-state index is -4.03. The lowest BCUT2D eigenvalue weighted by Gasteiger charge is -2.09. The summed E-state index contributed by atoms with van der Waals surface area (Å²) in [5.41, 5.74) is 0.639. The summed E-state index contributed by atoms with van der Waals surface area (Å²) < 4.78 is 28.7. The molecule has 0 fully saturated rings. The lowest BCUT2D eigenvalue weighted by Crippen LogP contribution is -2.16. The summed E-state index contributed by atoms with van der Waals surface area (Å²) >= 11 is 5.82. The van der Waals surface area contributed by atoms with Crippen LogP contribution in [0.1, 0.15) is 10.4 Å². The van der Waals surface area contributed by atoms with Crippen LogP contribution in [0.5, 0.6) is 11.5 Å². The van der Waals surface area contributed by atoms with Crippen LogP contribution in [0.15, 0.2) is 77.7 Å². The summed E-state index contributed by atoms with van der Waals surface area (Å²) in [6, 6.07) is 19.9. The van der Waals surface area contributed by atoms with E-state index in [1.807, 2.05) is 30.3 Å². The van der Waals surface area contributed by atoms with E-state index in [1.165, 1.54) is 12.1 Å². The molecule has 0 radical (unpaired) electrons. The van der Waals surface area contributed by atoms with Crippen LogP contribution in [0, 0.1) is 0 Å². The fraction of sp³-hybridized carbons (Fsp3) is 0. The monoisotopic (exact) mass is 402 g/mol. The van der Waals surface area contributed by atoms with E-state index in [0.29, 0.717) is 17.2 Å². The first-order valence-electron chi connectivity index (χ1n) is 7.79. The van der Waals surface area contributed by atoms with Crippen LogP contribution in [0.3, 0.4) is 0 Å². The number of benzene rings is 3. The standard InChI is InChI=1S/C19H15ClN2O4S/c20-17-11-6-13(12-18(17)27(21,24)25)19(23)22-14-7-9-16(10-8-14)26-15-4-2-1-3-5-15/h1-12H,(H,22,23)(H2,21,24,25). The molecule has 8 heteroatoms. The molecule has 27 heavy (non-hydrogen) atoms. The molecule has 3 rings (SSSR count). The minimum Gasteiger partial charge on any atom is -0.457 e. The molecule has 138 valence electrons. The molecular formula is C19H15ClN2O4S. The van der Waals surface area contributed by atoms with Crippen LogP contribution < -0.4 is 15.2 Å². The first-order valence-corrected chi connectivity index (χ1v) is 9.72. The van der Waals surface area contributed by atoms with Gasteiger partial charge in [-0.05, 0) is 54.6 Å². The topological polar surface area (TPSA) is 98.5 Å². The van der Waals surface area contributed by atoms with Crippen LogP contribution in [0.25, 0.3) is 0 Å². The summed E-state index contributed by atoms with van der Waals surface area (Å²) in [5.74, 6) is 0.821. The minimum absolute atomic E-state index is 0.0449. The van der Waals surface area contributed by atoms with E-state index in [9.17, 15) is 13.2 Å². The molecule has 0 saturated heterocycles. The number of amides is 1. The largest absolute Gasteiger partial charge is 0.457 e. The van der Waals surface area contributed by atoms with Crippen molar-refractivity contribution in [1.29, 1.82) is 0 Å². The number of para-hydroxylation sites is 1. The summed E-state index contributed by atoms with van der Waals surface area (Å²) in [6.07, 6.45) is 0. The molecule has 0 saturated carbocycles. The summed E-state index contributed by atoms with van der Waals surface area (Å²) in [5, 5.41) is 7.73. The molecule has 0 heterocycles.